The van der Waals surface area contributed by atoms with Gasteiger partial charge in [-0.1, -0.05) is 46.0 Å². The molecule has 1 N–H and O–H groups in total. The van der Waals surface area contributed by atoms with Gasteiger partial charge in [-0.05, 0) is 12.8 Å². The minimum Gasteiger partial charge on any atom is -0.480 e. The van der Waals surface area contributed by atoms with Crippen LogP contribution in [0.1, 0.15) is 58.8 Å². The van der Waals surface area contributed by atoms with Crippen molar-refractivity contribution in [2.45, 2.75) is 64.0 Å². The first-order valence-electron chi connectivity index (χ1n) is 6.40. The SMILES string of the molecule is CCCCCCCCS(=O)(=O)C(CC)C(=O)O. The van der Waals surface area contributed by atoms with E-state index in [1.165, 1.54) is 6.42 Å². The Morgan fingerprint density at radius 1 is 1.06 bits per heavy atom. The maximum absolute atomic E-state index is 11.7. The maximum Gasteiger partial charge on any atom is 0.321 e. The van der Waals surface area contributed by atoms with Crippen LogP contribution in [0.4, 0.5) is 0 Å². The highest BCUT2D eigenvalue weighted by molar-refractivity contribution is 7.92. The van der Waals surface area contributed by atoms with Crippen LogP contribution in [0.5, 0.6) is 0 Å². The minimum absolute atomic E-state index is 0.00390. The van der Waals surface area contributed by atoms with Crippen molar-refractivity contribution in [1.29, 1.82) is 0 Å². The quantitative estimate of drug-likeness (QED) is 0.616. The summed E-state index contributed by atoms with van der Waals surface area (Å²) in [6.45, 7) is 3.72. The van der Waals surface area contributed by atoms with Gasteiger partial charge in [-0.3, -0.25) is 4.79 Å². The van der Waals surface area contributed by atoms with Crippen molar-refractivity contribution in [3.8, 4) is 0 Å². The van der Waals surface area contributed by atoms with Crippen molar-refractivity contribution in [2.75, 3.05) is 5.75 Å². The predicted octanol–water partition coefficient (Wildman–Crippen LogP) is 2.62. The molecule has 4 nitrogen and oxygen atoms in total. The average molecular weight is 264 g/mol. The molecule has 1 unspecified atom stereocenters. The predicted molar refractivity (Wildman–Crippen MR) is 68.9 cm³/mol. The number of carboxylic acids is 1. The van der Waals surface area contributed by atoms with Crippen LogP contribution < -0.4 is 0 Å². The molecule has 17 heavy (non-hydrogen) atoms. The molecule has 0 rings (SSSR count). The smallest absolute Gasteiger partial charge is 0.321 e. The molecule has 5 heteroatoms. The van der Waals surface area contributed by atoms with E-state index in [1.54, 1.807) is 6.92 Å². The summed E-state index contributed by atoms with van der Waals surface area (Å²) in [4.78, 5) is 10.8. The Labute approximate surface area is 104 Å². The van der Waals surface area contributed by atoms with Crippen molar-refractivity contribution in [3.63, 3.8) is 0 Å². The van der Waals surface area contributed by atoms with Gasteiger partial charge in [-0.15, -0.1) is 0 Å². The number of hydrogen-bond acceptors (Lipinski definition) is 3. The summed E-state index contributed by atoms with van der Waals surface area (Å²) < 4.78 is 23.4. The van der Waals surface area contributed by atoms with Gasteiger partial charge in [0.25, 0.3) is 0 Å². The number of sulfone groups is 1. The lowest BCUT2D eigenvalue weighted by Gasteiger charge is -2.10. The largest absolute Gasteiger partial charge is 0.480 e. The zero-order chi connectivity index (χ0) is 13.3. The molecular formula is C12H24O4S. The van der Waals surface area contributed by atoms with Gasteiger partial charge < -0.3 is 5.11 Å². The number of rotatable bonds is 10. The summed E-state index contributed by atoms with van der Waals surface area (Å²) in [6.07, 6.45) is 6.10. The van der Waals surface area contributed by atoms with E-state index >= 15 is 0 Å². The highest BCUT2D eigenvalue weighted by Gasteiger charge is 2.29. The lowest BCUT2D eigenvalue weighted by atomic mass is 10.1. The third-order valence-electron chi connectivity index (χ3n) is 2.86. The zero-order valence-electron chi connectivity index (χ0n) is 10.8. The van der Waals surface area contributed by atoms with E-state index in [1.807, 2.05) is 0 Å². The molecule has 0 aliphatic heterocycles. The molecule has 0 saturated heterocycles. The molecule has 0 fully saturated rings. The van der Waals surface area contributed by atoms with Crippen LogP contribution >= 0.6 is 0 Å². The first kappa shape index (κ1) is 16.4. The van der Waals surface area contributed by atoms with E-state index in [0.29, 0.717) is 6.42 Å². The number of aliphatic carboxylic acids is 1. The lowest BCUT2D eigenvalue weighted by molar-refractivity contribution is -0.136. The van der Waals surface area contributed by atoms with E-state index in [4.69, 9.17) is 5.11 Å². The molecule has 0 heterocycles. The topological polar surface area (TPSA) is 71.4 Å². The molecule has 102 valence electrons. The third kappa shape index (κ3) is 6.66. The van der Waals surface area contributed by atoms with Crippen LogP contribution in [0.3, 0.4) is 0 Å². The normalized spacial score (nSPS) is 13.5. The number of unbranched alkanes of at least 4 members (excludes halogenated alkanes) is 5. The summed E-state index contributed by atoms with van der Waals surface area (Å²) in [7, 11) is -3.46. The monoisotopic (exact) mass is 264 g/mol. The Hall–Kier alpha value is -0.580. The van der Waals surface area contributed by atoms with Crippen LogP contribution in [-0.2, 0) is 14.6 Å². The second kappa shape index (κ2) is 8.50. The summed E-state index contributed by atoms with van der Waals surface area (Å²) in [6, 6.07) is 0. The first-order chi connectivity index (χ1) is 7.95. The Bertz CT molecular complexity index is 308. The molecule has 0 radical (unpaired) electrons. The molecule has 0 saturated carbocycles. The minimum atomic E-state index is -3.46. The molecule has 0 aromatic rings. The molecule has 0 aromatic carbocycles. The Kier molecular flexibility index (Phi) is 8.21. The molecule has 0 aromatic heterocycles. The van der Waals surface area contributed by atoms with Gasteiger partial charge in [0.1, 0.15) is 0 Å². The fourth-order valence-corrected chi connectivity index (χ4v) is 3.51. The van der Waals surface area contributed by atoms with Gasteiger partial charge in [0.05, 0.1) is 5.75 Å². The third-order valence-corrected chi connectivity index (χ3v) is 5.12. The van der Waals surface area contributed by atoms with Gasteiger partial charge in [0.15, 0.2) is 15.1 Å². The van der Waals surface area contributed by atoms with Crippen LogP contribution in [0.2, 0.25) is 0 Å². The highest BCUT2D eigenvalue weighted by atomic mass is 32.2. The molecule has 0 aliphatic rings. The van der Waals surface area contributed by atoms with Gasteiger partial charge >= 0.3 is 5.97 Å². The van der Waals surface area contributed by atoms with Gasteiger partial charge in [0, 0.05) is 0 Å². The highest BCUT2D eigenvalue weighted by Crippen LogP contribution is 2.12. The average Bonchev–Trinajstić information content (AvgIpc) is 2.23. The molecule has 0 spiro atoms. The van der Waals surface area contributed by atoms with Crippen LogP contribution in [0.15, 0.2) is 0 Å². The van der Waals surface area contributed by atoms with Crippen molar-refractivity contribution in [3.05, 3.63) is 0 Å². The molecular weight excluding hydrogens is 240 g/mol. The molecule has 0 aliphatic carbocycles. The van der Waals surface area contributed by atoms with E-state index < -0.39 is 21.1 Å². The van der Waals surface area contributed by atoms with Crippen molar-refractivity contribution < 1.29 is 18.3 Å². The molecule has 1 atom stereocenters. The van der Waals surface area contributed by atoms with E-state index in [2.05, 4.69) is 6.92 Å². The Morgan fingerprint density at radius 2 is 1.59 bits per heavy atom. The van der Waals surface area contributed by atoms with Crippen molar-refractivity contribution in [1.82, 2.24) is 0 Å². The Balaban J connectivity index is 3.97. The second-order valence-electron chi connectivity index (χ2n) is 4.37. The summed E-state index contributed by atoms with van der Waals surface area (Å²) in [5, 5.41) is 7.58. The zero-order valence-corrected chi connectivity index (χ0v) is 11.6. The fourth-order valence-electron chi connectivity index (χ4n) is 1.81. The number of carbonyl (C=O) groups is 1. The van der Waals surface area contributed by atoms with E-state index in [0.717, 1.165) is 25.7 Å². The van der Waals surface area contributed by atoms with E-state index in [9.17, 15) is 13.2 Å². The summed E-state index contributed by atoms with van der Waals surface area (Å²) in [5.74, 6) is -1.22. The van der Waals surface area contributed by atoms with E-state index in [-0.39, 0.29) is 12.2 Å². The first-order valence-corrected chi connectivity index (χ1v) is 8.11. The molecule has 0 bridgehead atoms. The van der Waals surface area contributed by atoms with Crippen LogP contribution in [0.25, 0.3) is 0 Å². The fraction of sp³-hybridized carbons (Fsp3) is 0.917. The number of hydrogen-bond donors (Lipinski definition) is 1. The van der Waals surface area contributed by atoms with Crippen LogP contribution in [0, 0.1) is 0 Å². The molecule has 0 amide bonds. The van der Waals surface area contributed by atoms with Crippen molar-refractivity contribution in [2.24, 2.45) is 0 Å². The maximum atomic E-state index is 11.7. The summed E-state index contributed by atoms with van der Waals surface area (Å²) >= 11 is 0. The van der Waals surface area contributed by atoms with Gasteiger partial charge in [-0.25, -0.2) is 8.42 Å². The number of carboxylic acid groups (broad SMARTS) is 1. The van der Waals surface area contributed by atoms with Gasteiger partial charge in [0.2, 0.25) is 0 Å². The summed E-state index contributed by atoms with van der Waals surface area (Å²) in [5.41, 5.74) is 0. The van der Waals surface area contributed by atoms with Crippen LogP contribution in [-0.4, -0.2) is 30.5 Å². The van der Waals surface area contributed by atoms with Gasteiger partial charge in [-0.2, -0.15) is 0 Å². The second-order valence-corrected chi connectivity index (χ2v) is 6.67. The Morgan fingerprint density at radius 3 is 2.06 bits per heavy atom. The lowest BCUT2D eigenvalue weighted by Crippen LogP contribution is -2.31. The standard InChI is InChI=1S/C12H24O4S/c1-3-5-6-7-8-9-10-17(15,16)11(4-2)12(13)14/h11H,3-10H2,1-2H3,(H,13,14). The van der Waals surface area contributed by atoms with Crippen molar-refractivity contribution >= 4 is 15.8 Å².